The molecular formula is C18H26N2O3. The van der Waals surface area contributed by atoms with Gasteiger partial charge in [0, 0.05) is 31.7 Å². The maximum absolute atomic E-state index is 12.4. The molecule has 0 saturated carbocycles. The Balaban J connectivity index is 1.69. The van der Waals surface area contributed by atoms with Crippen LogP contribution in [0.5, 0.6) is 0 Å². The molecule has 0 atom stereocenters. The molecule has 5 nitrogen and oxygen atoms in total. The van der Waals surface area contributed by atoms with Gasteiger partial charge in [-0.25, -0.2) is 0 Å². The summed E-state index contributed by atoms with van der Waals surface area (Å²) in [6, 6.07) is 9.47. The second-order valence-corrected chi connectivity index (χ2v) is 5.98. The summed E-state index contributed by atoms with van der Waals surface area (Å²) in [7, 11) is 1.66. The lowest BCUT2D eigenvalue weighted by molar-refractivity contribution is -0.122. The number of nitrogens with zero attached hydrogens (tertiary/aromatic N) is 1. The minimum absolute atomic E-state index is 0.0499. The van der Waals surface area contributed by atoms with Crippen LogP contribution in [0.4, 0.5) is 0 Å². The van der Waals surface area contributed by atoms with Crippen molar-refractivity contribution in [1.29, 1.82) is 0 Å². The molecule has 1 amide bonds. The van der Waals surface area contributed by atoms with Crippen LogP contribution in [0.2, 0.25) is 0 Å². The molecule has 0 unspecified atom stereocenters. The van der Waals surface area contributed by atoms with Gasteiger partial charge in [0.2, 0.25) is 5.91 Å². The number of Topliss-reactive ketones (excluding diaryl/α,β-unsaturated/α-hetero) is 1. The Hall–Kier alpha value is -1.72. The quantitative estimate of drug-likeness (QED) is 0.586. The third kappa shape index (κ3) is 5.77. The molecule has 1 aliphatic heterocycles. The summed E-state index contributed by atoms with van der Waals surface area (Å²) in [6.07, 6.45) is 2.48. The van der Waals surface area contributed by atoms with Crippen molar-refractivity contribution in [1.82, 2.24) is 10.2 Å². The lowest BCUT2D eigenvalue weighted by Gasteiger charge is -2.30. The fourth-order valence-corrected chi connectivity index (χ4v) is 2.89. The smallest absolute Gasteiger partial charge is 0.234 e. The largest absolute Gasteiger partial charge is 0.385 e. The third-order valence-electron chi connectivity index (χ3n) is 4.23. The van der Waals surface area contributed by atoms with E-state index in [2.05, 4.69) is 10.2 Å². The number of ketones is 1. The molecule has 1 N–H and O–H groups in total. The Morgan fingerprint density at radius 2 is 1.91 bits per heavy atom. The zero-order chi connectivity index (χ0) is 16.5. The van der Waals surface area contributed by atoms with E-state index in [0.29, 0.717) is 19.7 Å². The van der Waals surface area contributed by atoms with Crippen molar-refractivity contribution in [3.63, 3.8) is 0 Å². The van der Waals surface area contributed by atoms with Crippen LogP contribution in [-0.2, 0) is 9.53 Å². The van der Waals surface area contributed by atoms with Crippen LogP contribution < -0.4 is 5.32 Å². The van der Waals surface area contributed by atoms with Crippen LogP contribution in [0.1, 0.15) is 29.6 Å². The summed E-state index contributed by atoms with van der Waals surface area (Å²) < 4.78 is 4.95. The van der Waals surface area contributed by atoms with Crippen molar-refractivity contribution < 1.29 is 14.3 Å². The lowest BCUT2D eigenvalue weighted by Crippen LogP contribution is -2.42. The topological polar surface area (TPSA) is 58.6 Å². The highest BCUT2D eigenvalue weighted by atomic mass is 16.5. The molecule has 1 aliphatic rings. The van der Waals surface area contributed by atoms with Gasteiger partial charge in [-0.1, -0.05) is 30.3 Å². The van der Waals surface area contributed by atoms with E-state index in [4.69, 9.17) is 4.74 Å². The van der Waals surface area contributed by atoms with Crippen LogP contribution in [0.3, 0.4) is 0 Å². The monoisotopic (exact) mass is 318 g/mol. The Kier molecular flexibility index (Phi) is 7.23. The van der Waals surface area contributed by atoms with Gasteiger partial charge in [0.1, 0.15) is 0 Å². The number of hydrogen-bond donors (Lipinski definition) is 1. The third-order valence-corrected chi connectivity index (χ3v) is 4.23. The Morgan fingerprint density at radius 3 is 2.57 bits per heavy atom. The number of rotatable bonds is 8. The highest BCUT2D eigenvalue weighted by molar-refractivity contribution is 5.97. The maximum atomic E-state index is 12.4. The number of piperidine rings is 1. The van der Waals surface area contributed by atoms with Gasteiger partial charge in [-0.3, -0.25) is 14.5 Å². The fraction of sp³-hybridized carbons (Fsp3) is 0.556. The van der Waals surface area contributed by atoms with Crippen LogP contribution in [-0.4, -0.2) is 56.5 Å². The number of amides is 1. The van der Waals surface area contributed by atoms with Crippen LogP contribution in [0.15, 0.2) is 30.3 Å². The first-order valence-corrected chi connectivity index (χ1v) is 8.28. The second-order valence-electron chi connectivity index (χ2n) is 5.98. The molecule has 1 heterocycles. The minimum atomic E-state index is 0.0499. The number of carbonyl (C=O) groups excluding carboxylic acids is 2. The van der Waals surface area contributed by atoms with Gasteiger partial charge in [-0.2, -0.15) is 0 Å². The second kappa shape index (κ2) is 9.43. The zero-order valence-electron chi connectivity index (χ0n) is 13.8. The molecule has 0 aliphatic carbocycles. The molecule has 0 radical (unpaired) electrons. The Morgan fingerprint density at radius 1 is 1.22 bits per heavy atom. The van der Waals surface area contributed by atoms with E-state index in [0.717, 1.165) is 37.9 Å². The van der Waals surface area contributed by atoms with Gasteiger partial charge in [0.15, 0.2) is 5.78 Å². The summed E-state index contributed by atoms with van der Waals surface area (Å²) in [6.45, 7) is 3.32. The molecule has 1 aromatic rings. The predicted molar refractivity (Wildman–Crippen MR) is 89.4 cm³/mol. The summed E-state index contributed by atoms with van der Waals surface area (Å²) in [5, 5.41) is 2.90. The number of nitrogens with one attached hydrogen (secondary N) is 1. The molecular weight excluding hydrogens is 292 g/mol. The maximum Gasteiger partial charge on any atom is 0.234 e. The molecule has 1 saturated heterocycles. The molecule has 5 heteroatoms. The molecule has 0 spiro atoms. The number of methoxy groups -OCH3 is 1. The van der Waals surface area contributed by atoms with E-state index in [1.165, 1.54) is 0 Å². The van der Waals surface area contributed by atoms with E-state index < -0.39 is 0 Å². The predicted octanol–water partition coefficient (Wildman–Crippen LogP) is 1.73. The van der Waals surface area contributed by atoms with Gasteiger partial charge in [0.25, 0.3) is 0 Å². The van der Waals surface area contributed by atoms with Gasteiger partial charge in [-0.05, 0) is 32.4 Å². The van der Waals surface area contributed by atoms with Gasteiger partial charge in [0.05, 0.1) is 6.54 Å². The standard InChI is InChI=1S/C18H26N2O3/c1-23-13-5-10-19-17(21)14-20-11-8-16(9-12-20)18(22)15-6-3-2-4-7-15/h2-4,6-7,16H,5,8-14H2,1H3,(H,19,21). The summed E-state index contributed by atoms with van der Waals surface area (Å²) in [5.74, 6) is 0.363. The first kappa shape index (κ1) is 17.6. The van der Waals surface area contributed by atoms with E-state index >= 15 is 0 Å². The highest BCUT2D eigenvalue weighted by Gasteiger charge is 2.26. The van der Waals surface area contributed by atoms with Crippen molar-refractivity contribution >= 4 is 11.7 Å². The van der Waals surface area contributed by atoms with E-state index in [1.54, 1.807) is 7.11 Å². The number of benzene rings is 1. The van der Waals surface area contributed by atoms with Crippen LogP contribution in [0.25, 0.3) is 0 Å². The van der Waals surface area contributed by atoms with Crippen molar-refractivity contribution in [3.8, 4) is 0 Å². The molecule has 2 rings (SSSR count). The van der Waals surface area contributed by atoms with Crippen molar-refractivity contribution in [2.75, 3.05) is 39.9 Å². The summed E-state index contributed by atoms with van der Waals surface area (Å²) in [5.41, 5.74) is 0.793. The molecule has 126 valence electrons. The molecule has 1 aromatic carbocycles. The van der Waals surface area contributed by atoms with Gasteiger partial charge >= 0.3 is 0 Å². The zero-order valence-corrected chi connectivity index (χ0v) is 13.8. The van der Waals surface area contributed by atoms with E-state index in [-0.39, 0.29) is 17.6 Å². The average molecular weight is 318 g/mol. The number of ether oxygens (including phenoxy) is 1. The highest BCUT2D eigenvalue weighted by Crippen LogP contribution is 2.21. The summed E-state index contributed by atoms with van der Waals surface area (Å²) in [4.78, 5) is 26.4. The van der Waals surface area contributed by atoms with Crippen molar-refractivity contribution in [3.05, 3.63) is 35.9 Å². The Labute approximate surface area is 138 Å². The van der Waals surface area contributed by atoms with Crippen molar-refractivity contribution in [2.45, 2.75) is 19.3 Å². The van der Waals surface area contributed by atoms with Crippen LogP contribution in [0, 0.1) is 5.92 Å². The molecule has 0 aromatic heterocycles. The fourth-order valence-electron chi connectivity index (χ4n) is 2.89. The van der Waals surface area contributed by atoms with Gasteiger partial charge in [-0.15, -0.1) is 0 Å². The van der Waals surface area contributed by atoms with Crippen molar-refractivity contribution in [2.24, 2.45) is 5.92 Å². The molecule has 1 fully saturated rings. The number of hydrogen-bond acceptors (Lipinski definition) is 4. The first-order chi connectivity index (χ1) is 11.2. The number of likely N-dealkylation sites (tertiary alicyclic amines) is 1. The SMILES string of the molecule is COCCCNC(=O)CN1CCC(C(=O)c2ccccc2)CC1. The Bertz CT molecular complexity index is 496. The minimum Gasteiger partial charge on any atom is -0.385 e. The molecule has 0 bridgehead atoms. The summed E-state index contributed by atoms with van der Waals surface area (Å²) >= 11 is 0. The number of carbonyl (C=O) groups is 2. The molecule has 23 heavy (non-hydrogen) atoms. The van der Waals surface area contributed by atoms with Gasteiger partial charge < -0.3 is 10.1 Å². The average Bonchev–Trinajstić information content (AvgIpc) is 2.59. The lowest BCUT2D eigenvalue weighted by atomic mass is 9.89. The van der Waals surface area contributed by atoms with Crippen LogP contribution >= 0.6 is 0 Å². The normalized spacial score (nSPS) is 16.2. The van der Waals surface area contributed by atoms with E-state index in [1.807, 2.05) is 30.3 Å². The van der Waals surface area contributed by atoms with E-state index in [9.17, 15) is 9.59 Å². The first-order valence-electron chi connectivity index (χ1n) is 8.28.